The van der Waals surface area contributed by atoms with E-state index in [4.69, 9.17) is 0 Å². The molecule has 118 valence electrons. The van der Waals surface area contributed by atoms with Crippen molar-refractivity contribution in [2.75, 3.05) is 6.61 Å². The van der Waals surface area contributed by atoms with Gasteiger partial charge >= 0.3 is 18.4 Å². The fourth-order valence-electron chi connectivity index (χ4n) is 1.73. The van der Waals surface area contributed by atoms with Crippen LogP contribution in [0.15, 0.2) is 24.3 Å². The molecule has 21 heavy (non-hydrogen) atoms. The van der Waals surface area contributed by atoms with Gasteiger partial charge in [0, 0.05) is 0 Å². The molecule has 4 nitrogen and oxygen atoms in total. The van der Waals surface area contributed by atoms with Gasteiger partial charge in [0.15, 0.2) is 6.61 Å². The van der Waals surface area contributed by atoms with E-state index >= 15 is 0 Å². The first-order valence-corrected chi connectivity index (χ1v) is 5.34. The molecule has 0 saturated carbocycles. The Morgan fingerprint density at radius 3 is 2.62 bits per heavy atom. The van der Waals surface area contributed by atoms with E-state index in [1.165, 1.54) is 0 Å². The van der Waals surface area contributed by atoms with Crippen molar-refractivity contribution in [3.63, 3.8) is 0 Å². The maximum Gasteiger partial charge on any atom is 0.573 e. The minimum atomic E-state index is -4.93. The zero-order valence-electron chi connectivity index (χ0n) is 10.1. The summed E-state index contributed by atoms with van der Waals surface area (Å²) in [6, 6.07) is 2.26. The van der Waals surface area contributed by atoms with Crippen LogP contribution in [-0.2, 0) is 4.74 Å². The van der Waals surface area contributed by atoms with Crippen molar-refractivity contribution in [3.8, 4) is 5.75 Å². The van der Waals surface area contributed by atoms with Gasteiger partial charge in [0.25, 0.3) is 0 Å². The number of benzene rings is 1. The fourth-order valence-corrected chi connectivity index (χ4v) is 1.73. The largest absolute Gasteiger partial charge is 0.573 e. The average molecular weight is 334 g/mol. The lowest BCUT2D eigenvalue weighted by atomic mass is 10.00. The van der Waals surface area contributed by atoms with E-state index in [0.29, 0.717) is 0 Å². The fraction of sp³-hybridized carbons (Fsp3) is 0.364. The highest BCUT2D eigenvalue weighted by Crippen LogP contribution is 2.36. The normalized spacial score (nSPS) is 20.8. The summed E-state index contributed by atoms with van der Waals surface area (Å²) < 4.78 is 71.2. The Kier molecular flexibility index (Phi) is 4.87. The van der Waals surface area contributed by atoms with Crippen molar-refractivity contribution in [1.82, 2.24) is 5.32 Å². The molecule has 1 aromatic rings. The van der Waals surface area contributed by atoms with Crippen LogP contribution >= 0.6 is 12.4 Å². The number of hydrogen-bond donors (Lipinski definition) is 1. The highest BCUT2D eigenvalue weighted by Gasteiger charge is 2.47. The van der Waals surface area contributed by atoms with Gasteiger partial charge in [-0.05, 0) is 17.7 Å². The van der Waals surface area contributed by atoms with Crippen LogP contribution in [0.5, 0.6) is 5.75 Å². The number of carbonyl (C=O) groups excluding carboxylic acids is 1. The van der Waals surface area contributed by atoms with Crippen LogP contribution < -0.4 is 10.1 Å². The Hall–Kier alpha value is -1.77. The minimum absolute atomic E-state index is 0. The van der Waals surface area contributed by atoms with E-state index in [2.05, 4.69) is 9.47 Å². The number of rotatable bonds is 2. The number of carbonyl (C=O) groups is 1. The molecule has 1 saturated heterocycles. The summed E-state index contributed by atoms with van der Waals surface area (Å²) in [6.07, 6.45) is -6.00. The van der Waals surface area contributed by atoms with Crippen LogP contribution in [0.1, 0.15) is 11.6 Å². The molecule has 1 fully saturated rings. The predicted octanol–water partition coefficient (Wildman–Crippen LogP) is 3.42. The number of ether oxygens (including phenoxy) is 2. The Balaban J connectivity index is 0.00000220. The lowest BCUT2D eigenvalue weighted by Crippen LogP contribution is -2.49. The van der Waals surface area contributed by atoms with Gasteiger partial charge in [-0.25, -0.2) is 13.6 Å². The summed E-state index contributed by atoms with van der Waals surface area (Å²) in [6.45, 7) is -1.14. The van der Waals surface area contributed by atoms with Gasteiger partial charge < -0.3 is 14.8 Å². The molecule has 0 radical (unpaired) electrons. The molecule has 1 aliphatic heterocycles. The maximum absolute atomic E-state index is 13.6. The maximum atomic E-state index is 13.6. The Labute approximate surface area is 121 Å². The van der Waals surface area contributed by atoms with E-state index in [0.717, 1.165) is 24.3 Å². The number of alkyl carbamates (subject to hydrolysis) is 1. The quantitative estimate of drug-likeness (QED) is 0.844. The second-order valence-electron chi connectivity index (χ2n) is 4.03. The monoisotopic (exact) mass is 333 g/mol. The minimum Gasteiger partial charge on any atom is -0.443 e. The second kappa shape index (κ2) is 5.92. The van der Waals surface area contributed by atoms with Crippen LogP contribution in [0, 0.1) is 0 Å². The topological polar surface area (TPSA) is 47.6 Å². The van der Waals surface area contributed by atoms with Crippen LogP contribution in [0.2, 0.25) is 0 Å². The number of amides is 1. The van der Waals surface area contributed by atoms with Crippen LogP contribution in [0.25, 0.3) is 0 Å². The summed E-state index contributed by atoms with van der Waals surface area (Å²) in [4.78, 5) is 11.0. The summed E-state index contributed by atoms with van der Waals surface area (Å²) >= 11 is 0. The lowest BCUT2D eigenvalue weighted by molar-refractivity contribution is -0.274. The number of nitrogens with one attached hydrogen (secondary N) is 1. The number of hydrogen-bond acceptors (Lipinski definition) is 3. The molecule has 0 unspecified atom stereocenters. The van der Waals surface area contributed by atoms with Crippen molar-refractivity contribution < 1.29 is 36.2 Å². The molecular formula is C11H9ClF5NO3. The predicted molar refractivity (Wildman–Crippen MR) is 62.5 cm³/mol. The molecule has 0 bridgehead atoms. The van der Waals surface area contributed by atoms with Crippen molar-refractivity contribution in [1.29, 1.82) is 0 Å². The van der Waals surface area contributed by atoms with E-state index in [1.54, 1.807) is 0 Å². The highest BCUT2D eigenvalue weighted by molar-refractivity contribution is 5.85. The van der Waals surface area contributed by atoms with E-state index in [9.17, 15) is 26.7 Å². The first-order valence-electron chi connectivity index (χ1n) is 5.34. The molecule has 1 amide bonds. The average Bonchev–Trinajstić information content (AvgIpc) is 2.30. The number of halogens is 6. The zero-order valence-corrected chi connectivity index (χ0v) is 10.9. The van der Waals surface area contributed by atoms with Gasteiger partial charge in [-0.1, -0.05) is 12.1 Å². The van der Waals surface area contributed by atoms with Crippen LogP contribution in [0.3, 0.4) is 0 Å². The Bertz CT molecular complexity index is 523. The first kappa shape index (κ1) is 17.3. The molecule has 1 N–H and O–H groups in total. The Morgan fingerprint density at radius 1 is 1.33 bits per heavy atom. The molecule has 1 aromatic carbocycles. The number of cyclic esters (lactones) is 1. The van der Waals surface area contributed by atoms with E-state index in [-0.39, 0.29) is 18.0 Å². The molecule has 1 aliphatic rings. The highest BCUT2D eigenvalue weighted by atomic mass is 35.5. The van der Waals surface area contributed by atoms with E-state index in [1.807, 2.05) is 5.32 Å². The molecule has 2 rings (SSSR count). The van der Waals surface area contributed by atoms with Crippen molar-refractivity contribution in [3.05, 3.63) is 29.8 Å². The molecule has 0 aromatic heterocycles. The standard InChI is InChI=1S/C11H8F5NO3.ClH/c12-10(13)5-19-9(18)17-8(10)6-2-1-3-7(4-6)20-11(14,15)16;/h1-4,8H,5H2,(H,17,18);1H/t8-;/m1./s1. The SMILES string of the molecule is Cl.O=C1N[C@H](c2cccc(OC(F)(F)F)c2)C(F)(F)CO1. The number of alkyl halides is 5. The summed E-state index contributed by atoms with van der Waals surface area (Å²) in [5.41, 5.74) is -0.214. The van der Waals surface area contributed by atoms with Crippen molar-refractivity contribution >= 4 is 18.5 Å². The van der Waals surface area contributed by atoms with Gasteiger partial charge in [-0.2, -0.15) is 0 Å². The Morgan fingerprint density at radius 2 is 2.00 bits per heavy atom. The van der Waals surface area contributed by atoms with Crippen LogP contribution in [0.4, 0.5) is 26.7 Å². The molecule has 0 aliphatic carbocycles. The summed E-state index contributed by atoms with van der Waals surface area (Å²) in [5.74, 6) is -4.09. The molecule has 10 heteroatoms. The second-order valence-corrected chi connectivity index (χ2v) is 4.03. The molecule has 1 atom stereocenters. The van der Waals surface area contributed by atoms with Crippen molar-refractivity contribution in [2.45, 2.75) is 18.3 Å². The smallest absolute Gasteiger partial charge is 0.443 e. The molecular weight excluding hydrogens is 325 g/mol. The summed E-state index contributed by atoms with van der Waals surface area (Å²) in [5, 5.41) is 1.87. The van der Waals surface area contributed by atoms with Gasteiger partial charge in [0.05, 0.1) is 0 Å². The van der Waals surface area contributed by atoms with Gasteiger partial charge in [0.1, 0.15) is 11.8 Å². The lowest BCUT2D eigenvalue weighted by Gasteiger charge is -2.31. The summed E-state index contributed by atoms with van der Waals surface area (Å²) in [7, 11) is 0. The van der Waals surface area contributed by atoms with Gasteiger partial charge in [-0.3, -0.25) is 0 Å². The van der Waals surface area contributed by atoms with Crippen LogP contribution in [-0.4, -0.2) is 25.0 Å². The zero-order chi connectivity index (χ0) is 15.0. The third-order valence-corrected chi connectivity index (χ3v) is 2.51. The van der Waals surface area contributed by atoms with Crippen molar-refractivity contribution in [2.24, 2.45) is 0 Å². The van der Waals surface area contributed by atoms with Gasteiger partial charge in [-0.15, -0.1) is 25.6 Å². The third kappa shape index (κ3) is 4.35. The first-order chi connectivity index (χ1) is 9.17. The van der Waals surface area contributed by atoms with Gasteiger partial charge in [0.2, 0.25) is 0 Å². The molecule has 1 heterocycles. The molecule has 0 spiro atoms. The third-order valence-electron chi connectivity index (χ3n) is 2.51. The van der Waals surface area contributed by atoms with E-state index < -0.39 is 36.8 Å².